The molecule has 5 rings (SSSR count). The van der Waals surface area contributed by atoms with Gasteiger partial charge in [-0.3, -0.25) is 4.79 Å². The second kappa shape index (κ2) is 7.12. The summed E-state index contributed by atoms with van der Waals surface area (Å²) >= 11 is 0. The molecule has 146 valence electrons. The summed E-state index contributed by atoms with van der Waals surface area (Å²) in [6, 6.07) is 20.8. The number of fused-ring (bicyclic) bond motifs is 2. The molecule has 5 heteroatoms. The molecule has 5 nitrogen and oxygen atoms in total. The molecule has 0 aliphatic carbocycles. The first-order valence-electron chi connectivity index (χ1n) is 9.62. The Morgan fingerprint density at radius 1 is 0.833 bits per heavy atom. The lowest BCUT2D eigenvalue weighted by Crippen LogP contribution is -2.08. The fourth-order valence-electron chi connectivity index (χ4n) is 3.44. The molecule has 0 amide bonds. The fourth-order valence-corrected chi connectivity index (χ4v) is 3.44. The first-order valence-corrected chi connectivity index (χ1v) is 9.62. The van der Waals surface area contributed by atoms with Crippen molar-refractivity contribution in [2.24, 2.45) is 0 Å². The number of hydrogen-bond acceptors (Lipinski definition) is 5. The monoisotopic (exact) mass is 394 g/mol. The number of aromatic nitrogens is 2. The number of aryl methyl sites for hydroxylation is 2. The average Bonchev–Trinajstić information content (AvgIpc) is 2.77. The van der Waals surface area contributed by atoms with E-state index in [-0.39, 0.29) is 11.2 Å². The Labute approximate surface area is 172 Å². The van der Waals surface area contributed by atoms with Crippen molar-refractivity contribution in [2.75, 3.05) is 0 Å². The minimum atomic E-state index is -0.238. The van der Waals surface area contributed by atoms with Gasteiger partial charge >= 0.3 is 0 Å². The minimum absolute atomic E-state index is 0.112. The molecule has 0 atom stereocenters. The van der Waals surface area contributed by atoms with Crippen molar-refractivity contribution in [2.45, 2.75) is 13.8 Å². The third-order valence-electron chi connectivity index (χ3n) is 5.02. The van der Waals surface area contributed by atoms with Crippen LogP contribution in [0.1, 0.15) is 11.1 Å². The lowest BCUT2D eigenvalue weighted by atomic mass is 10.1. The molecule has 0 aliphatic heterocycles. The van der Waals surface area contributed by atoms with Gasteiger partial charge in [0.1, 0.15) is 11.9 Å². The maximum absolute atomic E-state index is 13.5. The second-order valence-corrected chi connectivity index (χ2v) is 7.25. The smallest absolute Gasteiger partial charge is 0.235 e. The molecule has 0 radical (unpaired) electrons. The van der Waals surface area contributed by atoms with Gasteiger partial charge < -0.3 is 9.15 Å². The van der Waals surface area contributed by atoms with Crippen molar-refractivity contribution in [3.63, 3.8) is 0 Å². The van der Waals surface area contributed by atoms with Crippen molar-refractivity contribution < 1.29 is 9.15 Å². The summed E-state index contributed by atoms with van der Waals surface area (Å²) in [6.45, 7) is 3.94. The highest BCUT2D eigenvalue weighted by molar-refractivity contribution is 5.85. The number of benzene rings is 3. The largest absolute Gasteiger partial charge is 0.452 e. The van der Waals surface area contributed by atoms with Crippen LogP contribution < -0.4 is 10.2 Å². The van der Waals surface area contributed by atoms with Gasteiger partial charge in [-0.2, -0.15) is 0 Å². The van der Waals surface area contributed by atoms with Crippen LogP contribution in [0, 0.1) is 13.8 Å². The Bertz CT molecular complexity index is 1450. The molecular formula is C25H18N2O3. The van der Waals surface area contributed by atoms with E-state index in [2.05, 4.69) is 9.97 Å². The highest BCUT2D eigenvalue weighted by Gasteiger charge is 2.20. The third kappa shape index (κ3) is 3.10. The lowest BCUT2D eigenvalue weighted by Gasteiger charge is -2.12. The lowest BCUT2D eigenvalue weighted by molar-refractivity contribution is 0.446. The van der Waals surface area contributed by atoms with E-state index in [1.165, 1.54) is 6.33 Å². The summed E-state index contributed by atoms with van der Waals surface area (Å²) in [5.74, 6) is 0.799. The average molecular weight is 394 g/mol. The zero-order valence-electron chi connectivity index (χ0n) is 16.5. The molecule has 0 saturated heterocycles. The van der Waals surface area contributed by atoms with Gasteiger partial charge in [-0.05, 0) is 38.1 Å². The normalized spacial score (nSPS) is 11.1. The zero-order chi connectivity index (χ0) is 20.7. The van der Waals surface area contributed by atoms with E-state index in [1.807, 2.05) is 80.6 Å². The van der Waals surface area contributed by atoms with E-state index in [4.69, 9.17) is 9.15 Å². The van der Waals surface area contributed by atoms with Crippen molar-refractivity contribution >= 4 is 21.9 Å². The molecular weight excluding hydrogens is 376 g/mol. The number of nitrogens with zero attached hydrogens (tertiary/aromatic N) is 2. The number of ether oxygens (including phenoxy) is 1. The Morgan fingerprint density at radius 3 is 2.43 bits per heavy atom. The van der Waals surface area contributed by atoms with Gasteiger partial charge in [0, 0.05) is 5.56 Å². The van der Waals surface area contributed by atoms with Crippen molar-refractivity contribution in [1.82, 2.24) is 9.97 Å². The van der Waals surface area contributed by atoms with Crippen LogP contribution in [0.15, 0.2) is 82.3 Å². The van der Waals surface area contributed by atoms with E-state index >= 15 is 0 Å². The van der Waals surface area contributed by atoms with Crippen LogP contribution >= 0.6 is 0 Å². The molecule has 0 fully saturated rings. The van der Waals surface area contributed by atoms with Crippen molar-refractivity contribution in [3.05, 3.63) is 94.4 Å². The Morgan fingerprint density at radius 2 is 1.60 bits per heavy atom. The van der Waals surface area contributed by atoms with Gasteiger partial charge in [-0.25, -0.2) is 9.97 Å². The predicted molar refractivity (Wildman–Crippen MR) is 117 cm³/mol. The number of rotatable bonds is 3. The van der Waals surface area contributed by atoms with E-state index in [0.717, 1.165) is 27.6 Å². The summed E-state index contributed by atoms with van der Waals surface area (Å²) in [4.78, 5) is 22.0. The van der Waals surface area contributed by atoms with E-state index < -0.39 is 0 Å². The molecule has 30 heavy (non-hydrogen) atoms. The van der Waals surface area contributed by atoms with Crippen LogP contribution in [0.5, 0.6) is 11.6 Å². The Kier molecular flexibility index (Phi) is 4.29. The van der Waals surface area contributed by atoms with E-state index in [1.54, 1.807) is 0 Å². The summed E-state index contributed by atoms with van der Waals surface area (Å²) < 4.78 is 12.3. The van der Waals surface area contributed by atoms with Gasteiger partial charge in [0.15, 0.2) is 5.76 Å². The quantitative estimate of drug-likeness (QED) is 0.386. The molecule has 0 bridgehead atoms. The number of hydrogen-bond donors (Lipinski definition) is 0. The van der Waals surface area contributed by atoms with Crippen molar-refractivity contribution in [3.8, 4) is 23.0 Å². The molecule has 5 aromatic rings. The van der Waals surface area contributed by atoms with Gasteiger partial charge in [-0.1, -0.05) is 53.6 Å². The van der Waals surface area contributed by atoms with Crippen molar-refractivity contribution in [1.29, 1.82) is 0 Å². The van der Waals surface area contributed by atoms with Gasteiger partial charge in [0.05, 0.1) is 16.3 Å². The first kappa shape index (κ1) is 18.1. The summed E-state index contributed by atoms with van der Waals surface area (Å²) in [6.07, 6.45) is 1.43. The zero-order valence-corrected chi connectivity index (χ0v) is 16.5. The highest BCUT2D eigenvalue weighted by Crippen LogP contribution is 2.35. The maximum Gasteiger partial charge on any atom is 0.235 e. The number of para-hydroxylation sites is 1. The maximum atomic E-state index is 13.5. The highest BCUT2D eigenvalue weighted by atomic mass is 16.5. The van der Waals surface area contributed by atoms with Gasteiger partial charge in [0.25, 0.3) is 0 Å². The summed E-state index contributed by atoms with van der Waals surface area (Å²) in [5, 5.41) is 1.19. The minimum Gasteiger partial charge on any atom is -0.452 e. The van der Waals surface area contributed by atoms with Crippen LogP contribution in [0.25, 0.3) is 33.2 Å². The molecule has 0 unspecified atom stereocenters. The first-order chi connectivity index (χ1) is 14.6. The molecule has 2 heterocycles. The fraction of sp³-hybridized carbons (Fsp3) is 0.0800. The predicted octanol–water partition coefficient (Wildman–Crippen LogP) is 5.81. The summed E-state index contributed by atoms with van der Waals surface area (Å²) in [5.41, 5.74) is 3.85. The molecule has 0 saturated carbocycles. The standard InChI is InChI=1S/C25H18N2O3/c1-15-7-10-17(11-8-15)23-24(22(28)19-13-16(2)9-12-21(19)29-23)30-25-18-5-3-4-6-20(18)26-14-27-25/h3-14H,1-2H3. The summed E-state index contributed by atoms with van der Waals surface area (Å²) in [7, 11) is 0. The van der Waals surface area contributed by atoms with Gasteiger partial charge in [0.2, 0.25) is 17.1 Å². The van der Waals surface area contributed by atoms with Crippen LogP contribution in [-0.4, -0.2) is 9.97 Å². The Hall–Kier alpha value is -3.99. The van der Waals surface area contributed by atoms with Crippen LogP contribution in [0.2, 0.25) is 0 Å². The Balaban J connectivity index is 1.78. The molecule has 0 spiro atoms. The third-order valence-corrected chi connectivity index (χ3v) is 5.02. The topological polar surface area (TPSA) is 65.2 Å². The van der Waals surface area contributed by atoms with Crippen LogP contribution in [-0.2, 0) is 0 Å². The second-order valence-electron chi connectivity index (χ2n) is 7.25. The molecule has 0 aliphatic rings. The van der Waals surface area contributed by atoms with Crippen LogP contribution in [0.3, 0.4) is 0 Å². The molecule has 2 aromatic heterocycles. The molecule has 0 N–H and O–H groups in total. The van der Waals surface area contributed by atoms with Gasteiger partial charge in [-0.15, -0.1) is 0 Å². The molecule has 3 aromatic carbocycles. The van der Waals surface area contributed by atoms with E-state index in [9.17, 15) is 4.79 Å². The van der Waals surface area contributed by atoms with E-state index in [0.29, 0.717) is 22.6 Å². The SMILES string of the molecule is Cc1ccc(-c2oc3ccc(C)cc3c(=O)c2Oc2ncnc3ccccc23)cc1. The van der Waals surface area contributed by atoms with Crippen LogP contribution in [0.4, 0.5) is 0 Å².